The molecular weight excluding hydrogens is 635 g/mol. The minimum Gasteiger partial charge on any atom is -0.497 e. The summed E-state index contributed by atoms with van der Waals surface area (Å²) in [6, 6.07) is 19.4. The predicted molar refractivity (Wildman–Crippen MR) is 179 cm³/mol. The summed E-state index contributed by atoms with van der Waals surface area (Å²) in [5.74, 6) is 1.75. The number of amides is 2. The number of carbonyl (C=O) groups is 1. The van der Waals surface area contributed by atoms with Gasteiger partial charge in [-0.25, -0.2) is 13.2 Å². The number of urea groups is 1. The van der Waals surface area contributed by atoms with Crippen molar-refractivity contribution in [3.63, 3.8) is 0 Å². The van der Waals surface area contributed by atoms with Crippen molar-refractivity contribution in [1.82, 2.24) is 14.7 Å². The molecule has 2 aliphatic heterocycles. The third-order valence-electron chi connectivity index (χ3n) is 7.91. The molecule has 0 radical (unpaired) electrons. The van der Waals surface area contributed by atoms with Crippen molar-refractivity contribution in [2.75, 3.05) is 51.8 Å². The fourth-order valence-corrected chi connectivity index (χ4v) is 6.47. The molecule has 3 aromatic rings. The quantitative estimate of drug-likeness (QED) is 0.272. The summed E-state index contributed by atoms with van der Waals surface area (Å²) < 4.78 is 35.2. The second-order valence-electron chi connectivity index (χ2n) is 11.6. The standard InChI is InChI=1S/C33H38Cl2N4O5S/c1-22(2)44-29-21-27(43-3)13-14-28(29)32-36-30(23-5-9-25(34)10-6-23)31(24-7-11-26(35)12-8-24)39(32)33(40)38-17-15-37(16-18-38)19-20-45(4,41)42/h5-14,21-22,30-31H,15-20H2,1-4H3/t30-,31+/m0/s1. The third kappa shape index (κ3) is 7.92. The van der Waals surface area contributed by atoms with Gasteiger partial charge in [-0.1, -0.05) is 47.5 Å². The number of nitrogens with zero attached hydrogens (tertiary/aromatic N) is 4. The average molecular weight is 674 g/mol. The van der Waals surface area contributed by atoms with Crippen LogP contribution in [0.4, 0.5) is 4.79 Å². The lowest BCUT2D eigenvalue weighted by molar-refractivity contribution is 0.122. The highest BCUT2D eigenvalue weighted by atomic mass is 35.5. The van der Waals surface area contributed by atoms with Crippen LogP contribution in [0, 0.1) is 0 Å². The lowest BCUT2D eigenvalue weighted by atomic mass is 9.93. The highest BCUT2D eigenvalue weighted by molar-refractivity contribution is 7.90. The van der Waals surface area contributed by atoms with E-state index in [-0.39, 0.29) is 17.9 Å². The van der Waals surface area contributed by atoms with Crippen LogP contribution in [0.3, 0.4) is 0 Å². The van der Waals surface area contributed by atoms with Crippen molar-refractivity contribution in [1.29, 1.82) is 0 Å². The molecule has 2 heterocycles. The number of amidine groups is 1. The molecule has 12 heteroatoms. The number of hydrogen-bond acceptors (Lipinski definition) is 7. The van der Waals surface area contributed by atoms with Crippen molar-refractivity contribution in [2.45, 2.75) is 32.0 Å². The molecule has 3 aromatic carbocycles. The topological polar surface area (TPSA) is 91.8 Å². The fraction of sp³-hybridized carbons (Fsp3) is 0.394. The van der Waals surface area contributed by atoms with Gasteiger partial charge in [-0.3, -0.25) is 14.8 Å². The highest BCUT2D eigenvalue weighted by Crippen LogP contribution is 2.46. The minimum atomic E-state index is -3.08. The zero-order chi connectivity index (χ0) is 32.3. The van der Waals surface area contributed by atoms with Crippen molar-refractivity contribution >= 4 is 44.9 Å². The molecule has 1 saturated heterocycles. The van der Waals surface area contributed by atoms with E-state index in [4.69, 9.17) is 37.7 Å². The molecule has 0 N–H and O–H groups in total. The van der Waals surface area contributed by atoms with Gasteiger partial charge in [-0.2, -0.15) is 0 Å². The van der Waals surface area contributed by atoms with Crippen LogP contribution < -0.4 is 9.47 Å². The Morgan fingerprint density at radius 1 is 0.933 bits per heavy atom. The number of piperazine rings is 1. The van der Waals surface area contributed by atoms with Gasteiger partial charge in [0.1, 0.15) is 33.2 Å². The van der Waals surface area contributed by atoms with Crippen molar-refractivity contribution < 1.29 is 22.7 Å². The molecule has 1 fully saturated rings. The van der Waals surface area contributed by atoms with Gasteiger partial charge in [0.2, 0.25) is 0 Å². The van der Waals surface area contributed by atoms with E-state index < -0.39 is 21.9 Å². The normalized spacial score (nSPS) is 19.1. The zero-order valence-electron chi connectivity index (χ0n) is 25.8. The van der Waals surface area contributed by atoms with Gasteiger partial charge in [-0.05, 0) is 61.4 Å². The summed E-state index contributed by atoms with van der Waals surface area (Å²) in [4.78, 5) is 25.6. The van der Waals surface area contributed by atoms with E-state index >= 15 is 0 Å². The molecule has 240 valence electrons. The van der Waals surface area contributed by atoms with E-state index in [2.05, 4.69) is 4.90 Å². The van der Waals surface area contributed by atoms with Crippen LogP contribution in [-0.4, -0.2) is 92.9 Å². The minimum absolute atomic E-state index is 0.0847. The summed E-state index contributed by atoms with van der Waals surface area (Å²) in [6.07, 6.45) is 1.10. The number of carbonyl (C=O) groups excluding carboxylic acids is 1. The van der Waals surface area contributed by atoms with Crippen LogP contribution in [-0.2, 0) is 9.84 Å². The molecule has 45 heavy (non-hydrogen) atoms. The summed E-state index contributed by atoms with van der Waals surface area (Å²) in [5.41, 5.74) is 2.44. The van der Waals surface area contributed by atoms with E-state index in [9.17, 15) is 13.2 Å². The van der Waals surface area contributed by atoms with E-state index in [1.807, 2.05) is 85.5 Å². The Morgan fingerprint density at radius 3 is 2.09 bits per heavy atom. The van der Waals surface area contributed by atoms with E-state index in [1.165, 1.54) is 6.26 Å². The predicted octanol–water partition coefficient (Wildman–Crippen LogP) is 6.12. The molecule has 9 nitrogen and oxygen atoms in total. The summed E-state index contributed by atoms with van der Waals surface area (Å²) in [7, 11) is -1.49. The van der Waals surface area contributed by atoms with Crippen molar-refractivity contribution in [3.8, 4) is 11.5 Å². The zero-order valence-corrected chi connectivity index (χ0v) is 28.1. The SMILES string of the molecule is COc1ccc(C2=N[C@@H](c3ccc(Cl)cc3)[C@@H](c3ccc(Cl)cc3)N2C(=O)N2CCN(CCS(C)(=O)=O)CC2)c(OC(C)C)c1. The lowest BCUT2D eigenvalue weighted by Crippen LogP contribution is -2.54. The molecule has 0 unspecified atom stereocenters. The van der Waals surface area contributed by atoms with Crippen molar-refractivity contribution in [3.05, 3.63) is 93.5 Å². The first-order valence-electron chi connectivity index (χ1n) is 14.9. The fourth-order valence-electron chi connectivity index (χ4n) is 5.63. The van der Waals surface area contributed by atoms with Gasteiger partial charge in [0, 0.05) is 55.1 Å². The first-order valence-corrected chi connectivity index (χ1v) is 17.7. The number of methoxy groups -OCH3 is 1. The van der Waals surface area contributed by atoms with Gasteiger partial charge in [0.25, 0.3) is 0 Å². The Hall–Kier alpha value is -3.31. The second kappa shape index (κ2) is 14.0. The van der Waals surface area contributed by atoms with E-state index in [1.54, 1.807) is 12.0 Å². The maximum absolute atomic E-state index is 14.7. The Labute approximate surface area is 275 Å². The Morgan fingerprint density at radius 2 is 1.53 bits per heavy atom. The Balaban J connectivity index is 1.59. The largest absolute Gasteiger partial charge is 0.497 e. The van der Waals surface area contributed by atoms with Gasteiger partial charge < -0.3 is 14.4 Å². The molecule has 2 amide bonds. The third-order valence-corrected chi connectivity index (χ3v) is 9.34. The first kappa shape index (κ1) is 33.1. The summed E-state index contributed by atoms with van der Waals surface area (Å²) in [5, 5.41) is 1.19. The van der Waals surface area contributed by atoms with Crippen LogP contribution in [0.25, 0.3) is 0 Å². The number of hydrogen-bond donors (Lipinski definition) is 0. The first-order chi connectivity index (χ1) is 21.4. The smallest absolute Gasteiger partial charge is 0.326 e. The molecule has 5 rings (SSSR count). The second-order valence-corrected chi connectivity index (χ2v) is 14.7. The van der Waals surface area contributed by atoms with Crippen LogP contribution in [0.5, 0.6) is 11.5 Å². The van der Waals surface area contributed by atoms with Gasteiger partial charge in [0.05, 0.1) is 30.6 Å². The number of benzene rings is 3. The number of halogens is 2. The Bertz CT molecular complexity index is 1640. The molecule has 0 bridgehead atoms. The van der Waals surface area contributed by atoms with Crippen LogP contribution >= 0.6 is 23.2 Å². The van der Waals surface area contributed by atoms with E-state index in [0.717, 1.165) is 11.1 Å². The van der Waals surface area contributed by atoms with Gasteiger partial charge >= 0.3 is 6.03 Å². The van der Waals surface area contributed by atoms with Crippen LogP contribution in [0.2, 0.25) is 10.0 Å². The number of rotatable bonds is 9. The molecule has 0 saturated carbocycles. The number of aliphatic imine (C=N–C) groups is 1. The van der Waals surface area contributed by atoms with Gasteiger partial charge in [-0.15, -0.1) is 0 Å². The van der Waals surface area contributed by atoms with Gasteiger partial charge in [0.15, 0.2) is 0 Å². The molecule has 2 aliphatic rings. The number of sulfone groups is 1. The maximum atomic E-state index is 14.7. The average Bonchev–Trinajstić information content (AvgIpc) is 3.40. The highest BCUT2D eigenvalue weighted by Gasteiger charge is 2.45. The molecule has 0 spiro atoms. The lowest BCUT2D eigenvalue weighted by Gasteiger charge is -2.39. The van der Waals surface area contributed by atoms with Crippen LogP contribution in [0.1, 0.15) is 42.6 Å². The Kier molecular flexibility index (Phi) is 10.3. The molecule has 0 aromatic heterocycles. The molecular formula is C33H38Cl2N4O5S. The van der Waals surface area contributed by atoms with Crippen molar-refractivity contribution in [2.24, 2.45) is 4.99 Å². The number of ether oxygens (including phenoxy) is 2. The maximum Gasteiger partial charge on any atom is 0.326 e. The van der Waals surface area contributed by atoms with E-state index in [0.29, 0.717) is 65.7 Å². The molecule has 0 aliphatic carbocycles. The van der Waals surface area contributed by atoms with Crippen LogP contribution in [0.15, 0.2) is 71.7 Å². The summed E-state index contributed by atoms with van der Waals surface area (Å²) >= 11 is 12.6. The monoisotopic (exact) mass is 672 g/mol. The summed E-state index contributed by atoms with van der Waals surface area (Å²) in [6.45, 7) is 6.35. The molecule has 2 atom stereocenters.